The van der Waals surface area contributed by atoms with Crippen molar-refractivity contribution in [2.75, 3.05) is 6.61 Å². The summed E-state index contributed by atoms with van der Waals surface area (Å²) in [6, 6.07) is 4.87. The normalized spacial score (nSPS) is 16.3. The molecule has 0 atom stereocenters. The largest absolute Gasteiger partial charge is 0.492 e. The lowest BCUT2D eigenvalue weighted by atomic mass is 9.87. The second kappa shape index (κ2) is 6.94. The van der Waals surface area contributed by atoms with Gasteiger partial charge < -0.3 is 9.84 Å². The Kier molecular flexibility index (Phi) is 5.25. The zero-order valence-corrected chi connectivity index (χ0v) is 12.5. The van der Waals surface area contributed by atoms with E-state index in [1.807, 2.05) is 0 Å². The van der Waals surface area contributed by atoms with Gasteiger partial charge in [-0.3, -0.25) is 0 Å². The number of carbonyl (C=O) groups is 1. The van der Waals surface area contributed by atoms with Crippen LogP contribution in [-0.4, -0.2) is 17.7 Å². The number of aromatic carboxylic acids is 1. The molecule has 1 aromatic carbocycles. The molecule has 0 spiro atoms. The number of hydrogen-bond acceptors (Lipinski definition) is 2. The van der Waals surface area contributed by atoms with Crippen LogP contribution in [0, 0.1) is 5.92 Å². The van der Waals surface area contributed by atoms with Crippen LogP contribution in [0.3, 0.4) is 0 Å². The first-order valence-corrected chi connectivity index (χ1v) is 7.62. The maximum atomic E-state index is 10.8. The average molecular weight is 327 g/mol. The minimum atomic E-state index is -0.922. The third-order valence-electron chi connectivity index (χ3n) is 3.69. The van der Waals surface area contributed by atoms with Crippen LogP contribution in [0.4, 0.5) is 0 Å². The summed E-state index contributed by atoms with van der Waals surface area (Å²) < 4.78 is 6.44. The van der Waals surface area contributed by atoms with Crippen molar-refractivity contribution in [2.24, 2.45) is 5.92 Å². The summed E-state index contributed by atoms with van der Waals surface area (Å²) >= 11 is 3.35. The predicted molar refractivity (Wildman–Crippen MR) is 77.8 cm³/mol. The van der Waals surface area contributed by atoms with Crippen LogP contribution in [0.15, 0.2) is 22.7 Å². The van der Waals surface area contributed by atoms with Crippen LogP contribution < -0.4 is 4.74 Å². The minimum Gasteiger partial charge on any atom is -0.492 e. The van der Waals surface area contributed by atoms with Crippen molar-refractivity contribution in [1.29, 1.82) is 0 Å². The Balaban J connectivity index is 1.83. The molecule has 0 bridgehead atoms. The van der Waals surface area contributed by atoms with E-state index in [1.165, 1.54) is 32.1 Å². The highest BCUT2D eigenvalue weighted by atomic mass is 79.9. The molecule has 3 nitrogen and oxygen atoms in total. The zero-order chi connectivity index (χ0) is 13.7. The molecule has 1 saturated carbocycles. The standard InChI is InChI=1S/C15H19BrO3/c16-13-10-12(15(17)18)6-7-14(13)19-9-8-11-4-2-1-3-5-11/h6-7,10-11H,1-5,8-9H2,(H,17,18). The van der Waals surface area contributed by atoms with Crippen LogP contribution in [0.25, 0.3) is 0 Å². The summed E-state index contributed by atoms with van der Waals surface area (Å²) in [7, 11) is 0. The molecule has 0 heterocycles. The second-order valence-electron chi connectivity index (χ2n) is 5.09. The van der Waals surface area contributed by atoms with Gasteiger partial charge in [-0.1, -0.05) is 32.1 Å². The lowest BCUT2D eigenvalue weighted by molar-refractivity contribution is 0.0697. The topological polar surface area (TPSA) is 46.5 Å². The Morgan fingerprint density at radius 3 is 2.68 bits per heavy atom. The van der Waals surface area contributed by atoms with Crippen molar-refractivity contribution in [3.63, 3.8) is 0 Å². The molecule has 1 aliphatic rings. The Bertz CT molecular complexity index is 439. The molecule has 0 aliphatic heterocycles. The molecule has 1 aromatic rings. The number of carboxylic acid groups (broad SMARTS) is 1. The van der Waals surface area contributed by atoms with Gasteiger partial charge in [-0.15, -0.1) is 0 Å². The van der Waals surface area contributed by atoms with E-state index in [9.17, 15) is 4.79 Å². The molecule has 0 saturated heterocycles. The van der Waals surface area contributed by atoms with E-state index in [2.05, 4.69) is 15.9 Å². The fraction of sp³-hybridized carbons (Fsp3) is 0.533. The van der Waals surface area contributed by atoms with E-state index < -0.39 is 5.97 Å². The molecular weight excluding hydrogens is 308 g/mol. The highest BCUT2D eigenvalue weighted by Gasteiger charge is 2.13. The van der Waals surface area contributed by atoms with Gasteiger partial charge in [-0.2, -0.15) is 0 Å². The molecule has 1 N–H and O–H groups in total. The molecule has 1 fully saturated rings. The van der Waals surface area contributed by atoms with Gasteiger partial charge in [0.15, 0.2) is 0 Å². The highest BCUT2D eigenvalue weighted by Crippen LogP contribution is 2.29. The van der Waals surface area contributed by atoms with Gasteiger partial charge in [-0.25, -0.2) is 4.79 Å². The Morgan fingerprint density at radius 2 is 2.05 bits per heavy atom. The predicted octanol–water partition coefficient (Wildman–Crippen LogP) is 4.50. The summed E-state index contributed by atoms with van der Waals surface area (Å²) in [5, 5.41) is 8.88. The monoisotopic (exact) mass is 326 g/mol. The molecule has 0 unspecified atom stereocenters. The van der Waals surface area contributed by atoms with Crippen LogP contribution >= 0.6 is 15.9 Å². The van der Waals surface area contributed by atoms with Crippen molar-refractivity contribution in [1.82, 2.24) is 0 Å². The average Bonchev–Trinajstić information content (AvgIpc) is 2.41. The molecular formula is C15H19BrO3. The van der Waals surface area contributed by atoms with E-state index in [-0.39, 0.29) is 5.56 Å². The highest BCUT2D eigenvalue weighted by molar-refractivity contribution is 9.10. The Labute approximate surface area is 122 Å². The van der Waals surface area contributed by atoms with Gasteiger partial charge >= 0.3 is 5.97 Å². The van der Waals surface area contributed by atoms with Crippen molar-refractivity contribution in [3.8, 4) is 5.75 Å². The summed E-state index contributed by atoms with van der Waals surface area (Å²) in [5.41, 5.74) is 0.270. The maximum Gasteiger partial charge on any atom is 0.335 e. The summed E-state index contributed by atoms with van der Waals surface area (Å²) in [4.78, 5) is 10.8. The molecule has 2 rings (SSSR count). The van der Waals surface area contributed by atoms with Gasteiger partial charge in [0.25, 0.3) is 0 Å². The molecule has 0 radical (unpaired) electrons. The molecule has 104 valence electrons. The first kappa shape index (κ1) is 14.4. The number of hydrogen-bond donors (Lipinski definition) is 1. The second-order valence-corrected chi connectivity index (χ2v) is 5.95. The Morgan fingerprint density at radius 1 is 1.32 bits per heavy atom. The summed E-state index contributed by atoms with van der Waals surface area (Å²) in [5.74, 6) is 0.598. The van der Waals surface area contributed by atoms with Crippen molar-refractivity contribution >= 4 is 21.9 Å². The van der Waals surface area contributed by atoms with E-state index >= 15 is 0 Å². The van der Waals surface area contributed by atoms with Crippen LogP contribution in [0.2, 0.25) is 0 Å². The van der Waals surface area contributed by atoms with Gasteiger partial charge in [0, 0.05) is 0 Å². The lowest BCUT2D eigenvalue weighted by Gasteiger charge is -2.21. The lowest BCUT2D eigenvalue weighted by Crippen LogP contribution is -2.11. The van der Waals surface area contributed by atoms with Crippen LogP contribution in [0.5, 0.6) is 5.75 Å². The summed E-state index contributed by atoms with van der Waals surface area (Å²) in [6.45, 7) is 0.704. The van der Waals surface area contributed by atoms with Gasteiger partial charge in [0.2, 0.25) is 0 Å². The number of rotatable bonds is 5. The number of carboxylic acids is 1. The van der Waals surface area contributed by atoms with E-state index in [1.54, 1.807) is 18.2 Å². The molecule has 0 aromatic heterocycles. The maximum absolute atomic E-state index is 10.8. The smallest absolute Gasteiger partial charge is 0.335 e. The third kappa shape index (κ3) is 4.23. The zero-order valence-electron chi connectivity index (χ0n) is 10.9. The minimum absolute atomic E-state index is 0.270. The van der Waals surface area contributed by atoms with Crippen LogP contribution in [0.1, 0.15) is 48.9 Å². The van der Waals surface area contributed by atoms with Crippen molar-refractivity contribution in [3.05, 3.63) is 28.2 Å². The van der Waals surface area contributed by atoms with E-state index in [0.29, 0.717) is 11.1 Å². The molecule has 4 heteroatoms. The fourth-order valence-corrected chi connectivity index (χ4v) is 3.06. The SMILES string of the molecule is O=C(O)c1ccc(OCCC2CCCCC2)c(Br)c1. The van der Waals surface area contributed by atoms with Gasteiger partial charge in [0.05, 0.1) is 16.6 Å². The van der Waals surface area contributed by atoms with Crippen molar-refractivity contribution < 1.29 is 14.6 Å². The number of ether oxygens (including phenoxy) is 1. The first-order valence-electron chi connectivity index (χ1n) is 6.82. The molecule has 1 aliphatic carbocycles. The summed E-state index contributed by atoms with van der Waals surface area (Å²) in [6.07, 6.45) is 7.81. The van der Waals surface area contributed by atoms with E-state index in [4.69, 9.17) is 9.84 Å². The third-order valence-corrected chi connectivity index (χ3v) is 4.31. The van der Waals surface area contributed by atoms with Gasteiger partial charge in [0.1, 0.15) is 5.75 Å². The quantitative estimate of drug-likeness (QED) is 0.866. The van der Waals surface area contributed by atoms with Crippen LogP contribution in [-0.2, 0) is 0 Å². The fourth-order valence-electron chi connectivity index (χ4n) is 2.56. The number of benzene rings is 1. The molecule has 19 heavy (non-hydrogen) atoms. The first-order chi connectivity index (χ1) is 9.16. The van der Waals surface area contributed by atoms with E-state index in [0.717, 1.165) is 18.1 Å². The molecule has 0 amide bonds. The van der Waals surface area contributed by atoms with Crippen molar-refractivity contribution in [2.45, 2.75) is 38.5 Å². The van der Waals surface area contributed by atoms with Gasteiger partial charge in [-0.05, 0) is 46.5 Å². The Hall–Kier alpha value is -1.03. The number of halogens is 1.